The number of sulfonamides is 1. The molecule has 0 aromatic heterocycles. The molecule has 1 atom stereocenters. The molecule has 0 radical (unpaired) electrons. The highest BCUT2D eigenvalue weighted by molar-refractivity contribution is 7.89. The van der Waals surface area contributed by atoms with E-state index in [4.69, 9.17) is 5.21 Å². The average Bonchev–Trinajstić information content (AvgIpc) is 2.66. The van der Waals surface area contributed by atoms with Gasteiger partial charge in [-0.15, -0.1) is 0 Å². The normalized spacial score (nSPS) is 12.2. The molecule has 2 aromatic rings. The Morgan fingerprint density at radius 3 is 1.96 bits per heavy atom. The van der Waals surface area contributed by atoms with Gasteiger partial charge < -0.3 is 0 Å². The standard InChI is InChI=1S/C19H20N2O4S/c1-14-4-6-16(7-5-14)8-9-17-10-12-18(13-11-17)26(24,25)21(3)15(2)19(22)20-23/h4-7,10-13,15,23H,1-3H3,(H,20,22)/t15-/m1/s1. The van der Waals surface area contributed by atoms with Crippen LogP contribution in [0.25, 0.3) is 0 Å². The number of benzene rings is 2. The van der Waals surface area contributed by atoms with Crippen LogP contribution in [-0.4, -0.2) is 36.9 Å². The Morgan fingerprint density at radius 2 is 1.50 bits per heavy atom. The molecule has 2 N–H and O–H groups in total. The van der Waals surface area contributed by atoms with Crippen molar-refractivity contribution < 1.29 is 18.4 Å². The summed E-state index contributed by atoms with van der Waals surface area (Å²) in [5.74, 6) is 5.19. The number of hydrogen-bond donors (Lipinski definition) is 2. The van der Waals surface area contributed by atoms with Gasteiger partial charge in [-0.25, -0.2) is 13.9 Å². The van der Waals surface area contributed by atoms with Crippen molar-refractivity contribution >= 4 is 15.9 Å². The van der Waals surface area contributed by atoms with Gasteiger partial charge in [0.15, 0.2) is 0 Å². The van der Waals surface area contributed by atoms with Crippen LogP contribution in [0.5, 0.6) is 0 Å². The highest BCUT2D eigenvalue weighted by atomic mass is 32.2. The van der Waals surface area contributed by atoms with Crippen LogP contribution in [0.3, 0.4) is 0 Å². The zero-order valence-electron chi connectivity index (χ0n) is 14.7. The number of carbonyl (C=O) groups excluding carboxylic acids is 1. The van der Waals surface area contributed by atoms with Crippen molar-refractivity contribution in [3.8, 4) is 11.8 Å². The van der Waals surface area contributed by atoms with Crippen LogP contribution in [0.15, 0.2) is 53.4 Å². The van der Waals surface area contributed by atoms with Gasteiger partial charge in [0, 0.05) is 18.2 Å². The summed E-state index contributed by atoms with van der Waals surface area (Å²) in [7, 11) is -2.59. The number of carbonyl (C=O) groups is 1. The van der Waals surface area contributed by atoms with Crippen molar-refractivity contribution in [1.29, 1.82) is 0 Å². The first kappa shape index (κ1) is 19.7. The Bertz CT molecular complexity index is 940. The van der Waals surface area contributed by atoms with Gasteiger partial charge in [0.2, 0.25) is 10.0 Å². The average molecular weight is 372 g/mol. The third-order valence-electron chi connectivity index (χ3n) is 3.97. The number of likely N-dealkylation sites (N-methyl/N-ethyl adjacent to an activating group) is 1. The lowest BCUT2D eigenvalue weighted by Crippen LogP contribution is -2.44. The van der Waals surface area contributed by atoms with Crippen molar-refractivity contribution in [1.82, 2.24) is 9.79 Å². The van der Waals surface area contributed by atoms with E-state index in [9.17, 15) is 13.2 Å². The highest BCUT2D eigenvalue weighted by Gasteiger charge is 2.29. The second-order valence-electron chi connectivity index (χ2n) is 5.81. The van der Waals surface area contributed by atoms with Gasteiger partial charge >= 0.3 is 0 Å². The first-order chi connectivity index (χ1) is 12.3. The lowest BCUT2D eigenvalue weighted by Gasteiger charge is -2.22. The summed E-state index contributed by atoms with van der Waals surface area (Å²) in [5.41, 5.74) is 4.15. The first-order valence-electron chi connectivity index (χ1n) is 7.86. The molecule has 136 valence electrons. The number of nitrogens with zero attached hydrogens (tertiary/aromatic N) is 1. The minimum Gasteiger partial charge on any atom is -0.289 e. The quantitative estimate of drug-likeness (QED) is 0.488. The molecular formula is C19H20N2O4S. The molecule has 0 fully saturated rings. The van der Waals surface area contributed by atoms with Crippen molar-refractivity contribution in [3.05, 3.63) is 65.2 Å². The Morgan fingerprint density at radius 1 is 1.04 bits per heavy atom. The summed E-state index contributed by atoms with van der Waals surface area (Å²) in [6.07, 6.45) is 0. The topological polar surface area (TPSA) is 86.7 Å². The van der Waals surface area contributed by atoms with Crippen molar-refractivity contribution in [2.75, 3.05) is 7.05 Å². The Hall–Kier alpha value is -2.66. The number of aryl methyl sites for hydroxylation is 1. The zero-order chi connectivity index (χ0) is 19.3. The van der Waals surface area contributed by atoms with E-state index in [1.807, 2.05) is 31.2 Å². The second kappa shape index (κ2) is 8.15. The van der Waals surface area contributed by atoms with Crippen molar-refractivity contribution in [3.63, 3.8) is 0 Å². The summed E-state index contributed by atoms with van der Waals surface area (Å²) >= 11 is 0. The number of hydrogen-bond acceptors (Lipinski definition) is 4. The molecule has 0 spiro atoms. The number of amides is 1. The molecule has 2 rings (SSSR count). The van der Waals surface area contributed by atoms with Gasteiger partial charge in [0.25, 0.3) is 5.91 Å². The second-order valence-corrected chi connectivity index (χ2v) is 7.81. The molecular weight excluding hydrogens is 352 g/mol. The van der Waals surface area contributed by atoms with Gasteiger partial charge in [0.05, 0.1) is 4.90 Å². The minimum absolute atomic E-state index is 0.0403. The lowest BCUT2D eigenvalue weighted by atomic mass is 10.1. The molecule has 0 aliphatic rings. The lowest BCUT2D eigenvalue weighted by molar-refractivity contribution is -0.132. The molecule has 0 saturated heterocycles. The molecule has 0 aliphatic carbocycles. The predicted octanol–water partition coefficient (Wildman–Crippen LogP) is 1.91. The van der Waals surface area contributed by atoms with E-state index < -0.39 is 22.0 Å². The maximum Gasteiger partial charge on any atom is 0.261 e. The molecule has 1 amide bonds. The smallest absolute Gasteiger partial charge is 0.261 e. The van der Waals surface area contributed by atoms with E-state index in [1.54, 1.807) is 12.1 Å². The highest BCUT2D eigenvalue weighted by Crippen LogP contribution is 2.17. The molecule has 0 saturated carbocycles. The SMILES string of the molecule is Cc1ccc(C#Cc2ccc(S(=O)(=O)N(C)[C@H](C)C(=O)NO)cc2)cc1. The van der Waals surface area contributed by atoms with Crippen molar-refractivity contribution in [2.45, 2.75) is 24.8 Å². The van der Waals surface area contributed by atoms with E-state index in [-0.39, 0.29) is 4.90 Å². The number of rotatable bonds is 4. The molecule has 7 heteroatoms. The van der Waals surface area contributed by atoms with E-state index in [1.165, 1.54) is 31.6 Å². The summed E-state index contributed by atoms with van der Waals surface area (Å²) in [4.78, 5) is 11.5. The Balaban J connectivity index is 2.21. The molecule has 0 aliphatic heterocycles. The fourth-order valence-corrected chi connectivity index (χ4v) is 3.45. The summed E-state index contributed by atoms with van der Waals surface area (Å²) in [6, 6.07) is 12.8. The van der Waals surface area contributed by atoms with E-state index in [0.29, 0.717) is 5.56 Å². The molecule has 0 unspecified atom stereocenters. The van der Waals surface area contributed by atoms with Gasteiger partial charge in [-0.05, 0) is 50.2 Å². The van der Waals surface area contributed by atoms with E-state index in [2.05, 4.69) is 11.8 Å². The largest absolute Gasteiger partial charge is 0.289 e. The molecule has 0 bridgehead atoms. The van der Waals surface area contributed by atoms with Crippen LogP contribution >= 0.6 is 0 Å². The van der Waals surface area contributed by atoms with Crippen LogP contribution in [0.2, 0.25) is 0 Å². The number of nitrogens with one attached hydrogen (secondary N) is 1. The van der Waals surface area contributed by atoms with Crippen LogP contribution in [0, 0.1) is 18.8 Å². The van der Waals surface area contributed by atoms with Gasteiger partial charge in [0.1, 0.15) is 6.04 Å². The third-order valence-corrected chi connectivity index (χ3v) is 5.91. The van der Waals surface area contributed by atoms with Gasteiger partial charge in [-0.1, -0.05) is 29.5 Å². The minimum atomic E-state index is -3.87. The fraction of sp³-hybridized carbons (Fsp3) is 0.211. The van der Waals surface area contributed by atoms with Gasteiger partial charge in [-0.2, -0.15) is 4.31 Å². The molecule has 0 heterocycles. The Kier molecular flexibility index (Phi) is 6.16. The third kappa shape index (κ3) is 4.49. The first-order valence-corrected chi connectivity index (χ1v) is 9.30. The van der Waals surface area contributed by atoms with Crippen LogP contribution in [0.1, 0.15) is 23.6 Å². The monoisotopic (exact) mass is 372 g/mol. The van der Waals surface area contributed by atoms with Gasteiger partial charge in [-0.3, -0.25) is 10.0 Å². The summed E-state index contributed by atoms with van der Waals surface area (Å²) in [6.45, 7) is 3.38. The maximum atomic E-state index is 12.5. The maximum absolute atomic E-state index is 12.5. The van der Waals surface area contributed by atoms with Crippen molar-refractivity contribution in [2.24, 2.45) is 0 Å². The molecule has 6 nitrogen and oxygen atoms in total. The predicted molar refractivity (Wildman–Crippen MR) is 97.9 cm³/mol. The fourth-order valence-electron chi connectivity index (χ4n) is 2.12. The van der Waals surface area contributed by atoms with Crippen LogP contribution < -0.4 is 5.48 Å². The van der Waals surface area contributed by atoms with Crippen LogP contribution in [-0.2, 0) is 14.8 Å². The summed E-state index contributed by atoms with van der Waals surface area (Å²) < 4.78 is 26.0. The zero-order valence-corrected chi connectivity index (χ0v) is 15.5. The Labute approximate surface area is 153 Å². The van der Waals surface area contributed by atoms with E-state index in [0.717, 1.165) is 15.4 Å². The number of hydroxylamine groups is 1. The molecule has 2 aromatic carbocycles. The van der Waals surface area contributed by atoms with Crippen LogP contribution in [0.4, 0.5) is 0 Å². The molecule has 26 heavy (non-hydrogen) atoms. The summed E-state index contributed by atoms with van der Waals surface area (Å²) in [5, 5.41) is 8.66. The van der Waals surface area contributed by atoms with E-state index >= 15 is 0 Å².